The predicted molar refractivity (Wildman–Crippen MR) is 99.3 cm³/mol. The lowest BCUT2D eigenvalue weighted by molar-refractivity contribution is -0.117. The fraction of sp³-hybridized carbons (Fsp3) is 0.333. The van der Waals surface area contributed by atoms with Crippen molar-refractivity contribution in [3.63, 3.8) is 0 Å². The molecule has 2 aliphatic rings. The fourth-order valence-corrected chi connectivity index (χ4v) is 4.07. The van der Waals surface area contributed by atoms with Crippen LogP contribution in [0, 0.1) is 11.2 Å². The van der Waals surface area contributed by atoms with E-state index in [4.69, 9.17) is 4.74 Å². The lowest BCUT2D eigenvalue weighted by Gasteiger charge is -2.24. The van der Waals surface area contributed by atoms with E-state index in [1.807, 2.05) is 4.90 Å². The van der Waals surface area contributed by atoms with Crippen LogP contribution in [0.3, 0.4) is 0 Å². The summed E-state index contributed by atoms with van der Waals surface area (Å²) in [7, 11) is 1.59. The molecule has 1 atom stereocenters. The Bertz CT molecular complexity index is 883. The maximum atomic E-state index is 13.5. The van der Waals surface area contributed by atoms with Crippen molar-refractivity contribution < 1.29 is 18.7 Å². The largest absolute Gasteiger partial charge is 0.497 e. The summed E-state index contributed by atoms with van der Waals surface area (Å²) in [5.74, 6) is 0.297. The van der Waals surface area contributed by atoms with Gasteiger partial charge in [0.25, 0.3) is 5.91 Å². The molecule has 2 amide bonds. The van der Waals surface area contributed by atoms with Gasteiger partial charge in [-0.1, -0.05) is 6.07 Å². The van der Waals surface area contributed by atoms with E-state index in [1.54, 1.807) is 48.4 Å². The topological polar surface area (TPSA) is 49.9 Å². The van der Waals surface area contributed by atoms with Crippen molar-refractivity contribution in [1.82, 2.24) is 4.90 Å². The van der Waals surface area contributed by atoms with E-state index in [0.29, 0.717) is 43.1 Å². The normalized spacial score (nSPS) is 21.9. The number of hydrogen-bond donors (Lipinski definition) is 0. The van der Waals surface area contributed by atoms with Crippen molar-refractivity contribution in [2.75, 3.05) is 31.6 Å². The van der Waals surface area contributed by atoms with Gasteiger partial charge in [0.15, 0.2) is 0 Å². The lowest BCUT2D eigenvalue weighted by atomic mass is 9.86. The summed E-state index contributed by atoms with van der Waals surface area (Å²) in [6.07, 6.45) is 1.16. The molecule has 1 spiro atoms. The molecule has 0 aliphatic carbocycles. The SMILES string of the molecule is COc1ccc(C(=O)N2CCC3(CC(=O)N(c4cccc(F)c4)C3)C2)cc1. The number of amides is 2. The van der Waals surface area contributed by atoms with Gasteiger partial charge in [-0.25, -0.2) is 4.39 Å². The molecule has 0 aromatic heterocycles. The smallest absolute Gasteiger partial charge is 0.253 e. The standard InChI is InChI=1S/C21H21FN2O3/c1-27-18-7-5-15(6-8-18)20(26)23-10-9-21(13-23)12-19(25)24(14-21)17-4-2-3-16(22)11-17/h2-8,11H,9-10,12-14H2,1H3. The number of likely N-dealkylation sites (tertiary alicyclic amines) is 1. The number of methoxy groups -OCH3 is 1. The number of carbonyl (C=O) groups excluding carboxylic acids is 2. The summed E-state index contributed by atoms with van der Waals surface area (Å²) < 4.78 is 18.7. The molecule has 0 radical (unpaired) electrons. The number of ether oxygens (including phenoxy) is 1. The van der Waals surface area contributed by atoms with Gasteiger partial charge in [0.2, 0.25) is 5.91 Å². The van der Waals surface area contributed by atoms with Crippen molar-refractivity contribution in [3.05, 3.63) is 59.9 Å². The van der Waals surface area contributed by atoms with Crippen LogP contribution in [-0.4, -0.2) is 43.5 Å². The van der Waals surface area contributed by atoms with E-state index in [9.17, 15) is 14.0 Å². The van der Waals surface area contributed by atoms with E-state index in [-0.39, 0.29) is 23.0 Å². The van der Waals surface area contributed by atoms with E-state index in [0.717, 1.165) is 6.42 Å². The summed E-state index contributed by atoms with van der Waals surface area (Å²) in [6, 6.07) is 13.1. The number of nitrogens with zero attached hydrogens (tertiary/aromatic N) is 2. The highest BCUT2D eigenvalue weighted by Crippen LogP contribution is 2.42. The van der Waals surface area contributed by atoms with Crippen molar-refractivity contribution in [2.24, 2.45) is 5.41 Å². The molecule has 2 fully saturated rings. The van der Waals surface area contributed by atoms with Gasteiger partial charge in [0.1, 0.15) is 11.6 Å². The zero-order valence-electron chi connectivity index (χ0n) is 15.2. The molecule has 140 valence electrons. The van der Waals surface area contributed by atoms with Crippen molar-refractivity contribution in [2.45, 2.75) is 12.8 Å². The van der Waals surface area contributed by atoms with Crippen LogP contribution in [0.5, 0.6) is 5.75 Å². The summed E-state index contributed by atoms with van der Waals surface area (Å²) in [4.78, 5) is 28.8. The Morgan fingerprint density at radius 1 is 1.15 bits per heavy atom. The van der Waals surface area contributed by atoms with E-state index in [2.05, 4.69) is 0 Å². The monoisotopic (exact) mass is 368 g/mol. The predicted octanol–water partition coefficient (Wildman–Crippen LogP) is 3.10. The van der Waals surface area contributed by atoms with Crippen LogP contribution in [0.25, 0.3) is 0 Å². The van der Waals surface area contributed by atoms with Crippen LogP contribution in [0.15, 0.2) is 48.5 Å². The summed E-state index contributed by atoms with van der Waals surface area (Å²) in [5.41, 5.74) is 0.932. The van der Waals surface area contributed by atoms with Crippen LogP contribution >= 0.6 is 0 Å². The molecule has 27 heavy (non-hydrogen) atoms. The molecule has 1 unspecified atom stereocenters. The van der Waals surface area contributed by atoms with Crippen molar-refractivity contribution in [1.29, 1.82) is 0 Å². The molecule has 0 N–H and O–H groups in total. The molecule has 2 heterocycles. The average Bonchev–Trinajstić information content (AvgIpc) is 3.24. The van der Waals surface area contributed by atoms with Crippen molar-refractivity contribution >= 4 is 17.5 Å². The number of anilines is 1. The van der Waals surface area contributed by atoms with Gasteiger partial charge >= 0.3 is 0 Å². The summed E-state index contributed by atoms with van der Waals surface area (Å²) in [5, 5.41) is 0. The molecule has 2 aromatic rings. The second kappa shape index (κ2) is 6.68. The van der Waals surface area contributed by atoms with Gasteiger partial charge < -0.3 is 14.5 Å². The zero-order valence-corrected chi connectivity index (χ0v) is 15.2. The molecule has 2 aliphatic heterocycles. The number of rotatable bonds is 3. The Balaban J connectivity index is 1.48. The average molecular weight is 368 g/mol. The van der Waals surface area contributed by atoms with Gasteiger partial charge in [-0.15, -0.1) is 0 Å². The second-order valence-corrected chi connectivity index (χ2v) is 7.34. The Hall–Kier alpha value is -2.89. The number of halogens is 1. The maximum absolute atomic E-state index is 13.5. The third kappa shape index (κ3) is 3.27. The number of benzene rings is 2. The highest BCUT2D eigenvalue weighted by molar-refractivity contribution is 5.97. The highest BCUT2D eigenvalue weighted by Gasteiger charge is 2.48. The first kappa shape index (κ1) is 17.5. The minimum Gasteiger partial charge on any atom is -0.497 e. The first-order valence-corrected chi connectivity index (χ1v) is 8.99. The van der Waals surface area contributed by atoms with Gasteiger partial charge in [-0.3, -0.25) is 9.59 Å². The molecule has 0 saturated carbocycles. The second-order valence-electron chi connectivity index (χ2n) is 7.34. The molecule has 0 bridgehead atoms. The minimum absolute atomic E-state index is 0.0145. The Morgan fingerprint density at radius 2 is 1.93 bits per heavy atom. The fourth-order valence-electron chi connectivity index (χ4n) is 4.07. The van der Waals surface area contributed by atoms with E-state index >= 15 is 0 Å². The summed E-state index contributed by atoms with van der Waals surface area (Å²) in [6.45, 7) is 1.67. The third-order valence-corrected chi connectivity index (χ3v) is 5.50. The van der Waals surface area contributed by atoms with Crippen LogP contribution in [0.1, 0.15) is 23.2 Å². The van der Waals surface area contributed by atoms with Crippen LogP contribution in [-0.2, 0) is 4.79 Å². The molecular formula is C21H21FN2O3. The summed E-state index contributed by atoms with van der Waals surface area (Å²) >= 11 is 0. The van der Waals surface area contributed by atoms with Crippen LogP contribution in [0.4, 0.5) is 10.1 Å². The number of carbonyl (C=O) groups is 2. The third-order valence-electron chi connectivity index (χ3n) is 5.50. The van der Waals surface area contributed by atoms with Gasteiger partial charge in [0.05, 0.1) is 7.11 Å². The minimum atomic E-state index is -0.357. The maximum Gasteiger partial charge on any atom is 0.253 e. The number of hydrogen-bond acceptors (Lipinski definition) is 3. The molecule has 5 nitrogen and oxygen atoms in total. The van der Waals surface area contributed by atoms with Crippen LogP contribution < -0.4 is 9.64 Å². The molecule has 2 saturated heterocycles. The first-order valence-electron chi connectivity index (χ1n) is 8.99. The molecule has 6 heteroatoms. The van der Waals surface area contributed by atoms with Gasteiger partial charge in [-0.2, -0.15) is 0 Å². The highest BCUT2D eigenvalue weighted by atomic mass is 19.1. The van der Waals surface area contributed by atoms with E-state index < -0.39 is 0 Å². The Labute approximate surface area is 157 Å². The lowest BCUT2D eigenvalue weighted by Crippen LogP contribution is -2.34. The van der Waals surface area contributed by atoms with Gasteiger partial charge in [0, 0.05) is 42.7 Å². The van der Waals surface area contributed by atoms with Crippen molar-refractivity contribution in [3.8, 4) is 5.75 Å². The zero-order chi connectivity index (χ0) is 19.0. The molecule has 4 rings (SSSR count). The van der Waals surface area contributed by atoms with Gasteiger partial charge in [-0.05, 0) is 48.9 Å². The van der Waals surface area contributed by atoms with Crippen LogP contribution in [0.2, 0.25) is 0 Å². The first-order chi connectivity index (χ1) is 13.0. The van der Waals surface area contributed by atoms with E-state index in [1.165, 1.54) is 12.1 Å². The Morgan fingerprint density at radius 3 is 2.63 bits per heavy atom. The quantitative estimate of drug-likeness (QED) is 0.837. The molecular weight excluding hydrogens is 347 g/mol. The Kier molecular flexibility index (Phi) is 4.34. The molecule has 2 aromatic carbocycles.